The maximum Gasteiger partial charge on any atom is 0.410 e. The molecule has 0 bridgehead atoms. The van der Waals surface area contributed by atoms with Crippen LogP contribution in [0.2, 0.25) is 0 Å². The second kappa shape index (κ2) is 5.64. The number of fused-ring (bicyclic) bond motifs is 1. The van der Waals surface area contributed by atoms with Crippen LogP contribution in [0, 0.1) is 5.82 Å². The molecule has 23 heavy (non-hydrogen) atoms. The van der Waals surface area contributed by atoms with Crippen molar-refractivity contribution in [3.63, 3.8) is 0 Å². The summed E-state index contributed by atoms with van der Waals surface area (Å²) in [4.78, 5) is 17.6. The van der Waals surface area contributed by atoms with Gasteiger partial charge in [0.05, 0.1) is 31.2 Å². The Balaban J connectivity index is 1.88. The minimum absolute atomic E-state index is 0.339. The monoisotopic (exact) mass is 318 g/mol. The van der Waals surface area contributed by atoms with E-state index in [1.807, 2.05) is 20.8 Å². The van der Waals surface area contributed by atoms with E-state index in [-0.39, 0.29) is 6.09 Å². The smallest absolute Gasteiger partial charge is 0.410 e. The summed E-state index contributed by atoms with van der Waals surface area (Å²) in [7, 11) is 0. The van der Waals surface area contributed by atoms with Crippen LogP contribution in [0.5, 0.6) is 0 Å². The van der Waals surface area contributed by atoms with Crippen LogP contribution in [-0.2, 0) is 17.8 Å². The molecule has 1 aliphatic rings. The number of ether oxygens (including phenoxy) is 1. The van der Waals surface area contributed by atoms with Gasteiger partial charge in [-0.1, -0.05) is 0 Å². The fourth-order valence-corrected chi connectivity index (χ4v) is 2.55. The summed E-state index contributed by atoms with van der Waals surface area (Å²) in [5.41, 5.74) is 1.37. The van der Waals surface area contributed by atoms with E-state index in [0.29, 0.717) is 30.8 Å². The van der Waals surface area contributed by atoms with Gasteiger partial charge in [-0.15, -0.1) is 0 Å². The molecule has 7 heteroatoms. The van der Waals surface area contributed by atoms with E-state index < -0.39 is 11.4 Å². The fourth-order valence-electron chi connectivity index (χ4n) is 2.55. The summed E-state index contributed by atoms with van der Waals surface area (Å²) in [5, 5.41) is 4.29. The van der Waals surface area contributed by atoms with Crippen LogP contribution >= 0.6 is 0 Å². The lowest BCUT2D eigenvalue weighted by molar-refractivity contribution is 0.0195. The number of carbonyl (C=O) groups is 1. The molecule has 122 valence electrons. The number of hydrogen-bond acceptors (Lipinski definition) is 4. The van der Waals surface area contributed by atoms with Gasteiger partial charge in [0.15, 0.2) is 0 Å². The molecule has 6 nitrogen and oxygen atoms in total. The molecule has 0 radical (unpaired) electrons. The molecule has 2 aromatic rings. The predicted molar refractivity (Wildman–Crippen MR) is 82.1 cm³/mol. The molecule has 0 atom stereocenters. The summed E-state index contributed by atoms with van der Waals surface area (Å²) < 4.78 is 21.2. The van der Waals surface area contributed by atoms with Crippen molar-refractivity contribution in [3.8, 4) is 11.1 Å². The lowest BCUT2D eigenvalue weighted by Crippen LogP contribution is -2.41. The normalized spacial score (nSPS) is 14.5. The lowest BCUT2D eigenvalue weighted by atomic mass is 10.1. The minimum Gasteiger partial charge on any atom is -0.444 e. The van der Waals surface area contributed by atoms with Gasteiger partial charge in [-0.3, -0.25) is 9.67 Å². The minimum atomic E-state index is -0.547. The number of halogens is 1. The number of pyridine rings is 1. The van der Waals surface area contributed by atoms with Crippen molar-refractivity contribution >= 4 is 6.09 Å². The largest absolute Gasteiger partial charge is 0.444 e. The van der Waals surface area contributed by atoms with Crippen molar-refractivity contribution < 1.29 is 13.9 Å². The molecule has 0 saturated carbocycles. The second-order valence-electron chi connectivity index (χ2n) is 6.49. The first-order chi connectivity index (χ1) is 10.8. The highest BCUT2D eigenvalue weighted by atomic mass is 19.1. The van der Waals surface area contributed by atoms with Gasteiger partial charge in [0.2, 0.25) is 0 Å². The van der Waals surface area contributed by atoms with E-state index in [2.05, 4.69) is 10.1 Å². The maximum atomic E-state index is 14.0. The standard InChI is InChI=1S/C16H19FN4O2/c1-16(2,3)23-15(22)20-6-7-21-14(10-20)12(8-19-21)11-4-5-18-9-13(11)17/h4-5,8-9H,6-7,10H2,1-3H3. The Morgan fingerprint density at radius 3 is 2.74 bits per heavy atom. The fraction of sp³-hybridized carbons (Fsp3) is 0.438. The Morgan fingerprint density at radius 2 is 2.04 bits per heavy atom. The van der Waals surface area contributed by atoms with Crippen molar-refractivity contribution in [2.24, 2.45) is 0 Å². The van der Waals surface area contributed by atoms with E-state index >= 15 is 0 Å². The van der Waals surface area contributed by atoms with Gasteiger partial charge >= 0.3 is 6.09 Å². The van der Waals surface area contributed by atoms with Gasteiger partial charge < -0.3 is 9.64 Å². The van der Waals surface area contributed by atoms with Gasteiger partial charge in [0.1, 0.15) is 11.4 Å². The number of carbonyl (C=O) groups excluding carboxylic acids is 1. The quantitative estimate of drug-likeness (QED) is 0.811. The average molecular weight is 318 g/mol. The van der Waals surface area contributed by atoms with Crippen molar-refractivity contribution in [2.75, 3.05) is 6.54 Å². The van der Waals surface area contributed by atoms with Crippen LogP contribution in [0.15, 0.2) is 24.7 Å². The van der Waals surface area contributed by atoms with Gasteiger partial charge in [-0.25, -0.2) is 9.18 Å². The lowest BCUT2D eigenvalue weighted by Gasteiger charge is -2.30. The summed E-state index contributed by atoms with van der Waals surface area (Å²) in [5.74, 6) is -0.405. The van der Waals surface area contributed by atoms with Gasteiger partial charge in [-0.05, 0) is 26.8 Å². The average Bonchev–Trinajstić information content (AvgIpc) is 2.89. The molecular formula is C16H19FN4O2. The highest BCUT2D eigenvalue weighted by Crippen LogP contribution is 2.28. The van der Waals surface area contributed by atoms with Crippen LogP contribution in [0.3, 0.4) is 0 Å². The first kappa shape index (κ1) is 15.5. The van der Waals surface area contributed by atoms with Gasteiger partial charge in [-0.2, -0.15) is 5.10 Å². The van der Waals surface area contributed by atoms with Crippen LogP contribution in [0.4, 0.5) is 9.18 Å². The summed E-state index contributed by atoms with van der Waals surface area (Å²) in [6, 6.07) is 1.61. The molecule has 3 rings (SSSR count). The zero-order chi connectivity index (χ0) is 16.6. The third-order valence-electron chi connectivity index (χ3n) is 3.59. The number of amides is 1. The second-order valence-corrected chi connectivity index (χ2v) is 6.49. The Morgan fingerprint density at radius 1 is 1.26 bits per heavy atom. The van der Waals surface area contributed by atoms with Gasteiger partial charge in [0.25, 0.3) is 0 Å². The van der Waals surface area contributed by atoms with E-state index in [1.54, 1.807) is 21.8 Å². The molecule has 3 heterocycles. The van der Waals surface area contributed by atoms with E-state index in [4.69, 9.17) is 4.74 Å². The Hall–Kier alpha value is -2.44. The number of nitrogens with zero attached hydrogens (tertiary/aromatic N) is 4. The molecule has 0 unspecified atom stereocenters. The molecule has 0 spiro atoms. The summed E-state index contributed by atoms with van der Waals surface area (Å²) >= 11 is 0. The number of aromatic nitrogens is 3. The third kappa shape index (κ3) is 3.18. The maximum absolute atomic E-state index is 14.0. The summed E-state index contributed by atoms with van der Waals surface area (Å²) in [6.45, 7) is 6.90. The molecule has 1 amide bonds. The Labute approximate surface area is 133 Å². The molecular weight excluding hydrogens is 299 g/mol. The van der Waals surface area contributed by atoms with Crippen molar-refractivity contribution in [3.05, 3.63) is 36.2 Å². The first-order valence-corrected chi connectivity index (χ1v) is 7.47. The topological polar surface area (TPSA) is 60.2 Å². The van der Waals surface area contributed by atoms with Crippen LogP contribution < -0.4 is 0 Å². The van der Waals surface area contributed by atoms with Crippen molar-refractivity contribution in [2.45, 2.75) is 39.5 Å². The zero-order valence-corrected chi connectivity index (χ0v) is 13.4. The zero-order valence-electron chi connectivity index (χ0n) is 13.4. The molecule has 0 aliphatic carbocycles. The van der Waals surface area contributed by atoms with Crippen LogP contribution in [0.1, 0.15) is 26.5 Å². The van der Waals surface area contributed by atoms with Crippen LogP contribution in [-0.4, -0.2) is 37.9 Å². The summed E-state index contributed by atoms with van der Waals surface area (Å²) in [6.07, 6.45) is 3.98. The molecule has 0 fully saturated rings. The van der Waals surface area contributed by atoms with Gasteiger partial charge in [0, 0.05) is 23.9 Å². The van der Waals surface area contributed by atoms with Crippen molar-refractivity contribution in [1.82, 2.24) is 19.7 Å². The highest BCUT2D eigenvalue weighted by Gasteiger charge is 2.28. The third-order valence-corrected chi connectivity index (χ3v) is 3.59. The van der Waals surface area contributed by atoms with Crippen molar-refractivity contribution in [1.29, 1.82) is 0 Å². The van der Waals surface area contributed by atoms with Crippen LogP contribution in [0.25, 0.3) is 11.1 Å². The molecule has 2 aromatic heterocycles. The number of rotatable bonds is 1. The predicted octanol–water partition coefficient (Wildman–Crippen LogP) is 2.83. The molecule has 0 saturated heterocycles. The Bertz CT molecular complexity index is 736. The van der Waals surface area contributed by atoms with E-state index in [0.717, 1.165) is 5.69 Å². The Kier molecular flexibility index (Phi) is 3.79. The SMILES string of the molecule is CC(C)(C)OC(=O)N1CCn2ncc(-c3ccncc3F)c2C1. The first-order valence-electron chi connectivity index (χ1n) is 7.47. The number of hydrogen-bond donors (Lipinski definition) is 0. The molecule has 0 aromatic carbocycles. The van der Waals surface area contributed by atoms with E-state index in [9.17, 15) is 9.18 Å². The molecule has 1 aliphatic heterocycles. The highest BCUT2D eigenvalue weighted by molar-refractivity contribution is 5.70. The molecule has 0 N–H and O–H groups in total. The van der Waals surface area contributed by atoms with E-state index in [1.165, 1.54) is 12.4 Å².